The van der Waals surface area contributed by atoms with Gasteiger partial charge in [-0.25, -0.2) is 15.1 Å². The van der Waals surface area contributed by atoms with Gasteiger partial charge in [-0.2, -0.15) is 5.10 Å². The van der Waals surface area contributed by atoms with Crippen LogP contribution in [0.4, 0.5) is 0 Å². The molecule has 0 saturated carbocycles. The molecule has 0 aliphatic heterocycles. The van der Waals surface area contributed by atoms with Crippen LogP contribution in [0.15, 0.2) is 48.1 Å². The average molecular weight is 300 g/mol. The van der Waals surface area contributed by atoms with Crippen LogP contribution in [0.25, 0.3) is 10.7 Å². The second kappa shape index (κ2) is 5.86. The summed E-state index contributed by atoms with van der Waals surface area (Å²) in [5.41, 5.74) is 3.00. The predicted octanol–water partition coefficient (Wildman–Crippen LogP) is 2.17. The number of nitrogens with zero attached hydrogens (tertiary/aromatic N) is 3. The summed E-state index contributed by atoms with van der Waals surface area (Å²) in [6.07, 6.45) is 1.53. The molecule has 2 aromatic heterocycles. The second-order valence-electron chi connectivity index (χ2n) is 4.36. The number of thiophene rings is 1. The molecule has 0 saturated heterocycles. The van der Waals surface area contributed by atoms with Crippen LogP contribution < -0.4 is 5.48 Å². The molecule has 0 atom stereocenters. The van der Waals surface area contributed by atoms with E-state index in [-0.39, 0.29) is 0 Å². The van der Waals surface area contributed by atoms with Gasteiger partial charge in [0, 0.05) is 5.56 Å². The molecule has 0 fully saturated rings. The van der Waals surface area contributed by atoms with Crippen LogP contribution in [0.3, 0.4) is 0 Å². The fraction of sp³-hybridized carbons (Fsp3) is 0.0714. The highest BCUT2D eigenvalue weighted by Crippen LogP contribution is 2.22. The Hall–Kier alpha value is -2.51. The highest BCUT2D eigenvalue weighted by molar-refractivity contribution is 7.13. The van der Waals surface area contributed by atoms with Gasteiger partial charge in [-0.3, -0.25) is 10.0 Å². The summed E-state index contributed by atoms with van der Waals surface area (Å²) < 4.78 is 1.81. The fourth-order valence-corrected chi connectivity index (χ4v) is 2.70. The third-order valence-electron chi connectivity index (χ3n) is 3.01. The molecule has 0 unspecified atom stereocenters. The number of aromatic nitrogens is 3. The maximum Gasteiger partial charge on any atom is 0.274 e. The van der Waals surface area contributed by atoms with Crippen molar-refractivity contribution in [2.24, 2.45) is 0 Å². The van der Waals surface area contributed by atoms with E-state index in [1.165, 1.54) is 6.33 Å². The number of carbonyl (C=O) groups is 1. The van der Waals surface area contributed by atoms with Gasteiger partial charge in [0.05, 0.1) is 11.4 Å². The molecule has 106 valence electrons. The maximum atomic E-state index is 11.3. The summed E-state index contributed by atoms with van der Waals surface area (Å²) >= 11 is 1.61. The molecule has 0 spiro atoms. The van der Waals surface area contributed by atoms with Crippen molar-refractivity contribution in [3.8, 4) is 10.7 Å². The minimum Gasteiger partial charge on any atom is -0.288 e. The molecule has 7 heteroatoms. The minimum atomic E-state index is -0.526. The van der Waals surface area contributed by atoms with Gasteiger partial charge >= 0.3 is 0 Å². The molecule has 0 aliphatic rings. The Morgan fingerprint density at radius 3 is 2.76 bits per heavy atom. The lowest BCUT2D eigenvalue weighted by molar-refractivity contribution is 0.0706. The molecular weight excluding hydrogens is 288 g/mol. The molecule has 0 aliphatic carbocycles. The van der Waals surface area contributed by atoms with Crippen LogP contribution in [0.2, 0.25) is 0 Å². The first kappa shape index (κ1) is 13.5. The van der Waals surface area contributed by atoms with Gasteiger partial charge in [0.25, 0.3) is 5.91 Å². The van der Waals surface area contributed by atoms with Gasteiger partial charge in [0.1, 0.15) is 6.33 Å². The summed E-state index contributed by atoms with van der Waals surface area (Å²) in [6.45, 7) is 0.564. The first-order valence-corrected chi connectivity index (χ1v) is 7.11. The van der Waals surface area contributed by atoms with E-state index in [2.05, 4.69) is 10.1 Å². The Morgan fingerprint density at radius 1 is 1.29 bits per heavy atom. The normalized spacial score (nSPS) is 10.5. The molecular formula is C14H12N4O2S. The van der Waals surface area contributed by atoms with Crippen molar-refractivity contribution >= 4 is 17.2 Å². The van der Waals surface area contributed by atoms with E-state index in [0.717, 1.165) is 16.3 Å². The highest BCUT2D eigenvalue weighted by Gasteiger charge is 2.09. The first-order chi connectivity index (χ1) is 10.3. The molecule has 1 aromatic carbocycles. The van der Waals surface area contributed by atoms with Crippen molar-refractivity contribution in [1.82, 2.24) is 20.2 Å². The quantitative estimate of drug-likeness (QED) is 0.571. The van der Waals surface area contributed by atoms with Gasteiger partial charge in [-0.05, 0) is 29.1 Å². The lowest BCUT2D eigenvalue weighted by Gasteiger charge is -2.06. The monoisotopic (exact) mass is 300 g/mol. The third-order valence-corrected chi connectivity index (χ3v) is 3.87. The number of carbonyl (C=O) groups excluding carboxylic acids is 1. The molecule has 3 aromatic rings. The SMILES string of the molecule is O=C(NO)c1ccc(Cn2ncnc2-c2cccs2)cc1. The maximum absolute atomic E-state index is 11.3. The van der Waals surface area contributed by atoms with Crippen LogP contribution in [0, 0.1) is 0 Å². The number of nitrogens with one attached hydrogen (secondary N) is 1. The van der Waals surface area contributed by atoms with Crippen molar-refractivity contribution in [3.05, 3.63) is 59.2 Å². The van der Waals surface area contributed by atoms with Gasteiger partial charge in [-0.15, -0.1) is 11.3 Å². The number of hydrogen-bond donors (Lipinski definition) is 2. The summed E-state index contributed by atoms with van der Waals surface area (Å²) in [5.74, 6) is 0.295. The Labute approximate surface area is 124 Å². The van der Waals surface area contributed by atoms with Crippen LogP contribution >= 0.6 is 11.3 Å². The number of amides is 1. The van der Waals surface area contributed by atoms with E-state index < -0.39 is 5.91 Å². The Kier molecular flexibility index (Phi) is 3.76. The molecule has 6 nitrogen and oxygen atoms in total. The largest absolute Gasteiger partial charge is 0.288 e. The van der Waals surface area contributed by atoms with Crippen molar-refractivity contribution in [1.29, 1.82) is 0 Å². The minimum absolute atomic E-state index is 0.401. The Bertz CT molecular complexity index is 735. The average Bonchev–Trinajstić information content (AvgIpc) is 3.18. The standard InChI is InChI=1S/C14H12N4O2S/c19-14(17-20)11-5-3-10(4-6-11)8-18-13(15-9-16-18)12-2-1-7-21-12/h1-7,9,20H,8H2,(H,17,19). The molecule has 0 radical (unpaired) electrons. The number of rotatable bonds is 4. The van der Waals surface area contributed by atoms with Gasteiger partial charge < -0.3 is 0 Å². The van der Waals surface area contributed by atoms with E-state index in [4.69, 9.17) is 5.21 Å². The Morgan fingerprint density at radius 2 is 2.10 bits per heavy atom. The van der Waals surface area contributed by atoms with Crippen molar-refractivity contribution < 1.29 is 10.0 Å². The van der Waals surface area contributed by atoms with Crippen LogP contribution in [-0.4, -0.2) is 25.9 Å². The zero-order chi connectivity index (χ0) is 14.7. The van der Waals surface area contributed by atoms with E-state index in [1.54, 1.807) is 28.9 Å². The molecule has 2 N–H and O–H groups in total. The van der Waals surface area contributed by atoms with E-state index >= 15 is 0 Å². The van der Waals surface area contributed by atoms with Crippen molar-refractivity contribution in [2.45, 2.75) is 6.54 Å². The molecule has 21 heavy (non-hydrogen) atoms. The molecule has 0 bridgehead atoms. The first-order valence-electron chi connectivity index (χ1n) is 6.23. The smallest absolute Gasteiger partial charge is 0.274 e. The number of benzene rings is 1. The summed E-state index contributed by atoms with van der Waals surface area (Å²) in [5, 5.41) is 14.8. The van der Waals surface area contributed by atoms with Crippen molar-refractivity contribution in [3.63, 3.8) is 0 Å². The van der Waals surface area contributed by atoms with Crippen LogP contribution in [0.5, 0.6) is 0 Å². The number of hydroxylamine groups is 1. The van der Waals surface area contributed by atoms with Crippen LogP contribution in [-0.2, 0) is 6.54 Å². The fourth-order valence-electron chi connectivity index (χ4n) is 1.98. The highest BCUT2D eigenvalue weighted by atomic mass is 32.1. The summed E-state index contributed by atoms with van der Waals surface area (Å²) in [6, 6.07) is 10.9. The van der Waals surface area contributed by atoms with Crippen molar-refractivity contribution in [2.75, 3.05) is 0 Å². The third kappa shape index (κ3) is 2.83. The second-order valence-corrected chi connectivity index (χ2v) is 5.30. The van der Waals surface area contributed by atoms with Gasteiger partial charge in [-0.1, -0.05) is 18.2 Å². The molecule has 3 rings (SSSR count). The van der Waals surface area contributed by atoms with Crippen LogP contribution in [0.1, 0.15) is 15.9 Å². The van der Waals surface area contributed by atoms with E-state index in [9.17, 15) is 4.79 Å². The molecule has 1 amide bonds. The summed E-state index contributed by atoms with van der Waals surface area (Å²) in [7, 11) is 0. The summed E-state index contributed by atoms with van der Waals surface area (Å²) in [4.78, 5) is 16.6. The zero-order valence-corrected chi connectivity index (χ0v) is 11.7. The Balaban J connectivity index is 1.82. The number of hydrogen-bond acceptors (Lipinski definition) is 5. The zero-order valence-electron chi connectivity index (χ0n) is 10.9. The lowest BCUT2D eigenvalue weighted by atomic mass is 10.1. The lowest BCUT2D eigenvalue weighted by Crippen LogP contribution is -2.18. The predicted molar refractivity (Wildman–Crippen MR) is 78.1 cm³/mol. The van der Waals surface area contributed by atoms with Gasteiger partial charge in [0.2, 0.25) is 0 Å². The van der Waals surface area contributed by atoms with E-state index in [0.29, 0.717) is 12.1 Å². The molecule has 2 heterocycles. The van der Waals surface area contributed by atoms with E-state index in [1.807, 2.05) is 34.3 Å². The van der Waals surface area contributed by atoms with Gasteiger partial charge in [0.15, 0.2) is 5.82 Å². The topological polar surface area (TPSA) is 80.0 Å².